The maximum absolute atomic E-state index is 10.7. The molecule has 2 aromatic carbocycles. The Kier molecular flexibility index (Phi) is 3.83. The van der Waals surface area contributed by atoms with Crippen molar-refractivity contribution < 1.29 is 10.0 Å². The van der Waals surface area contributed by atoms with Gasteiger partial charge in [0, 0.05) is 24.0 Å². The fourth-order valence-corrected chi connectivity index (χ4v) is 3.66. The predicted octanol–water partition coefficient (Wildman–Crippen LogP) is 2.53. The molecule has 2 aromatic rings. The molecule has 2 heteroatoms. The van der Waals surface area contributed by atoms with E-state index in [9.17, 15) is 5.11 Å². The molecule has 1 heterocycles. The largest absolute Gasteiger partial charge is 0.390 e. The van der Waals surface area contributed by atoms with E-state index in [0.717, 1.165) is 12.8 Å². The Morgan fingerprint density at radius 1 is 0.857 bits per heavy atom. The van der Waals surface area contributed by atoms with Gasteiger partial charge in [-0.1, -0.05) is 60.7 Å². The van der Waals surface area contributed by atoms with E-state index in [-0.39, 0.29) is 0 Å². The molecule has 0 aromatic heterocycles. The van der Waals surface area contributed by atoms with Crippen LogP contribution in [-0.4, -0.2) is 17.8 Å². The van der Waals surface area contributed by atoms with Gasteiger partial charge in [0.1, 0.15) is 12.1 Å². The topological polar surface area (TPSA) is 24.7 Å². The Morgan fingerprint density at radius 2 is 1.24 bits per heavy atom. The van der Waals surface area contributed by atoms with Gasteiger partial charge in [-0.2, -0.15) is 0 Å². The summed E-state index contributed by atoms with van der Waals surface area (Å²) in [6.45, 7) is 1.98. The van der Waals surface area contributed by atoms with Crippen LogP contribution in [0.5, 0.6) is 0 Å². The van der Waals surface area contributed by atoms with Crippen molar-refractivity contribution in [3.8, 4) is 0 Å². The summed E-state index contributed by atoms with van der Waals surface area (Å²) < 4.78 is 0. The number of nitrogens with one attached hydrogen (secondary N) is 1. The zero-order chi connectivity index (χ0) is 14.9. The minimum absolute atomic E-state index is 0.333. The lowest BCUT2D eigenvalue weighted by Crippen LogP contribution is -3.11. The molecule has 0 bridgehead atoms. The van der Waals surface area contributed by atoms with Crippen LogP contribution in [0.1, 0.15) is 43.0 Å². The summed E-state index contributed by atoms with van der Waals surface area (Å²) in [5.74, 6) is 0. The number of quaternary nitrogens is 1. The first kappa shape index (κ1) is 14.3. The van der Waals surface area contributed by atoms with E-state index in [1.165, 1.54) is 16.0 Å². The summed E-state index contributed by atoms with van der Waals surface area (Å²) in [6.07, 6.45) is 1.62. The van der Waals surface area contributed by atoms with Crippen LogP contribution in [0.15, 0.2) is 60.7 Å². The Labute approximate surface area is 127 Å². The zero-order valence-corrected chi connectivity index (χ0v) is 12.8. The summed E-state index contributed by atoms with van der Waals surface area (Å²) in [5, 5.41) is 10.7. The molecule has 0 aliphatic carbocycles. The number of benzene rings is 2. The molecule has 2 N–H and O–H groups in total. The van der Waals surface area contributed by atoms with E-state index in [0.29, 0.717) is 12.1 Å². The molecular formula is C19H24NO+. The molecule has 0 spiro atoms. The normalized spacial score (nSPS) is 32.8. The van der Waals surface area contributed by atoms with Crippen LogP contribution in [0.3, 0.4) is 0 Å². The van der Waals surface area contributed by atoms with Gasteiger partial charge in [-0.25, -0.2) is 0 Å². The summed E-state index contributed by atoms with van der Waals surface area (Å²) in [6, 6.07) is 21.8. The van der Waals surface area contributed by atoms with Crippen LogP contribution in [-0.2, 0) is 0 Å². The highest BCUT2D eigenvalue weighted by Gasteiger charge is 2.43. The lowest BCUT2D eigenvalue weighted by Gasteiger charge is -2.43. The molecule has 0 amide bonds. The number of hydrogen-bond acceptors (Lipinski definition) is 1. The molecule has 110 valence electrons. The molecule has 2 nitrogen and oxygen atoms in total. The summed E-state index contributed by atoms with van der Waals surface area (Å²) in [4.78, 5) is 1.47. The number of aliphatic hydroxyl groups is 1. The van der Waals surface area contributed by atoms with Gasteiger partial charge in [0.15, 0.2) is 0 Å². The fourth-order valence-electron chi connectivity index (χ4n) is 3.66. The van der Waals surface area contributed by atoms with Crippen molar-refractivity contribution in [2.24, 2.45) is 0 Å². The van der Waals surface area contributed by atoms with Crippen molar-refractivity contribution in [3.63, 3.8) is 0 Å². The molecule has 1 fully saturated rings. The maximum Gasteiger partial charge on any atom is 0.116 e. The van der Waals surface area contributed by atoms with Crippen LogP contribution >= 0.6 is 0 Å². The van der Waals surface area contributed by atoms with E-state index in [1.54, 1.807) is 0 Å². The van der Waals surface area contributed by atoms with Gasteiger partial charge in [0.25, 0.3) is 0 Å². The highest BCUT2D eigenvalue weighted by atomic mass is 16.3. The number of likely N-dealkylation sites (tertiary alicyclic amines) is 1. The minimum Gasteiger partial charge on any atom is -0.390 e. The van der Waals surface area contributed by atoms with E-state index < -0.39 is 5.60 Å². The Hall–Kier alpha value is -1.64. The second kappa shape index (κ2) is 5.63. The summed E-state index contributed by atoms with van der Waals surface area (Å²) >= 11 is 0. The van der Waals surface area contributed by atoms with Crippen LogP contribution in [0.2, 0.25) is 0 Å². The standard InChI is InChI=1S/C19H23NO/c1-19(21)13-17(15-9-5-3-6-10-15)20(2)18(14-19)16-11-7-4-8-12-16/h3-12,17-18,21H,13-14H2,1-2H3/p+1/t17-,18+,19?. The predicted molar refractivity (Wildman–Crippen MR) is 85.1 cm³/mol. The lowest BCUT2D eigenvalue weighted by molar-refractivity contribution is -0.952. The van der Waals surface area contributed by atoms with Crippen LogP contribution in [0.4, 0.5) is 0 Å². The fraction of sp³-hybridized carbons (Fsp3) is 0.368. The molecule has 21 heavy (non-hydrogen) atoms. The molecular weight excluding hydrogens is 258 g/mol. The van der Waals surface area contributed by atoms with Crippen molar-refractivity contribution in [2.75, 3.05) is 7.05 Å². The van der Waals surface area contributed by atoms with Crippen molar-refractivity contribution in [3.05, 3.63) is 71.8 Å². The maximum atomic E-state index is 10.7. The zero-order valence-electron chi connectivity index (χ0n) is 12.8. The lowest BCUT2D eigenvalue weighted by atomic mass is 9.79. The second-order valence-electron chi connectivity index (χ2n) is 6.58. The monoisotopic (exact) mass is 282 g/mol. The molecule has 1 aliphatic heterocycles. The van der Waals surface area contributed by atoms with Gasteiger partial charge in [-0.05, 0) is 6.92 Å². The first-order valence-corrected chi connectivity index (χ1v) is 7.72. The van der Waals surface area contributed by atoms with Crippen LogP contribution in [0.25, 0.3) is 0 Å². The van der Waals surface area contributed by atoms with Gasteiger partial charge in [-0.3, -0.25) is 0 Å². The Morgan fingerprint density at radius 3 is 1.62 bits per heavy atom. The average Bonchev–Trinajstić information content (AvgIpc) is 2.51. The van der Waals surface area contributed by atoms with Crippen molar-refractivity contribution in [2.45, 2.75) is 37.5 Å². The SMILES string of the molecule is C[NH+]1[C@@H](c2ccccc2)CC(C)(O)C[C@H]1c1ccccc1. The van der Waals surface area contributed by atoms with Gasteiger partial charge in [-0.15, -0.1) is 0 Å². The van der Waals surface area contributed by atoms with Gasteiger partial charge < -0.3 is 10.0 Å². The van der Waals surface area contributed by atoms with E-state index >= 15 is 0 Å². The number of rotatable bonds is 2. The van der Waals surface area contributed by atoms with Gasteiger partial charge >= 0.3 is 0 Å². The van der Waals surface area contributed by atoms with E-state index in [1.807, 2.05) is 6.92 Å². The number of piperidine rings is 1. The molecule has 0 saturated carbocycles. The molecule has 1 aliphatic rings. The Bertz CT molecular complexity index is 528. The summed E-state index contributed by atoms with van der Waals surface area (Å²) in [7, 11) is 2.25. The van der Waals surface area contributed by atoms with Gasteiger partial charge in [0.05, 0.1) is 12.6 Å². The van der Waals surface area contributed by atoms with E-state index in [4.69, 9.17) is 0 Å². The van der Waals surface area contributed by atoms with Crippen molar-refractivity contribution in [1.82, 2.24) is 0 Å². The molecule has 0 radical (unpaired) electrons. The smallest absolute Gasteiger partial charge is 0.116 e. The van der Waals surface area contributed by atoms with Crippen LogP contribution < -0.4 is 4.90 Å². The van der Waals surface area contributed by atoms with Crippen LogP contribution in [0, 0.1) is 0 Å². The van der Waals surface area contributed by atoms with Crippen molar-refractivity contribution in [1.29, 1.82) is 0 Å². The average molecular weight is 282 g/mol. The molecule has 1 saturated heterocycles. The molecule has 4 atom stereocenters. The second-order valence-corrected chi connectivity index (χ2v) is 6.58. The molecule has 3 rings (SSSR count). The van der Waals surface area contributed by atoms with Gasteiger partial charge in [0.2, 0.25) is 0 Å². The third-order valence-electron chi connectivity index (χ3n) is 4.79. The quantitative estimate of drug-likeness (QED) is 0.869. The van der Waals surface area contributed by atoms with E-state index in [2.05, 4.69) is 67.7 Å². The summed E-state index contributed by atoms with van der Waals surface area (Å²) in [5.41, 5.74) is 2.02. The molecule has 2 unspecified atom stereocenters. The van der Waals surface area contributed by atoms with Crippen molar-refractivity contribution >= 4 is 0 Å². The first-order valence-electron chi connectivity index (χ1n) is 7.72. The third-order valence-corrected chi connectivity index (χ3v) is 4.79. The first-order chi connectivity index (χ1) is 10.1. The highest BCUT2D eigenvalue weighted by Crippen LogP contribution is 2.34. The Balaban J connectivity index is 1.95. The number of hydrogen-bond donors (Lipinski definition) is 2. The minimum atomic E-state index is -0.611. The third kappa shape index (κ3) is 3.02. The highest BCUT2D eigenvalue weighted by molar-refractivity contribution is 5.21.